The van der Waals surface area contributed by atoms with Gasteiger partial charge in [0.25, 0.3) is 0 Å². The number of anilines is 1. The SMILES string of the molecule is CN1C(=O)C2(CC2C(=O)NCCN)c2ccccc21. The smallest absolute Gasteiger partial charge is 0.238 e. The minimum Gasteiger partial charge on any atom is -0.355 e. The van der Waals surface area contributed by atoms with Crippen LogP contribution in [0.2, 0.25) is 0 Å². The summed E-state index contributed by atoms with van der Waals surface area (Å²) in [6.45, 7) is 0.868. The van der Waals surface area contributed by atoms with Crippen molar-refractivity contribution in [3.8, 4) is 0 Å². The Morgan fingerprint density at radius 1 is 1.53 bits per heavy atom. The number of nitrogens with zero attached hydrogens (tertiary/aromatic N) is 1. The van der Waals surface area contributed by atoms with E-state index in [1.54, 1.807) is 11.9 Å². The minimum atomic E-state index is -0.621. The van der Waals surface area contributed by atoms with Crippen molar-refractivity contribution in [2.24, 2.45) is 11.7 Å². The molecule has 1 aliphatic carbocycles. The quantitative estimate of drug-likeness (QED) is 0.802. The Morgan fingerprint density at radius 2 is 2.26 bits per heavy atom. The lowest BCUT2D eigenvalue weighted by atomic mass is 9.94. The van der Waals surface area contributed by atoms with E-state index in [1.807, 2.05) is 24.3 Å². The maximum absolute atomic E-state index is 12.5. The summed E-state index contributed by atoms with van der Waals surface area (Å²) in [6, 6.07) is 7.70. The standard InChI is InChI=1S/C14H17N3O2/c1-17-11-5-3-2-4-9(11)14(13(17)19)8-10(14)12(18)16-7-6-15/h2-5,10H,6-8,15H2,1H3,(H,16,18). The fraction of sp³-hybridized carbons (Fsp3) is 0.429. The van der Waals surface area contributed by atoms with Gasteiger partial charge >= 0.3 is 0 Å². The third kappa shape index (κ3) is 1.51. The molecule has 1 spiro atoms. The fourth-order valence-corrected chi connectivity index (χ4v) is 3.10. The van der Waals surface area contributed by atoms with E-state index in [9.17, 15) is 9.59 Å². The third-order valence-electron chi connectivity index (χ3n) is 4.15. The summed E-state index contributed by atoms with van der Waals surface area (Å²) in [7, 11) is 1.77. The van der Waals surface area contributed by atoms with Gasteiger partial charge in [-0.3, -0.25) is 9.59 Å². The largest absolute Gasteiger partial charge is 0.355 e. The van der Waals surface area contributed by atoms with Crippen molar-refractivity contribution in [3.05, 3.63) is 29.8 Å². The number of carbonyl (C=O) groups excluding carboxylic acids is 2. The lowest BCUT2D eigenvalue weighted by molar-refractivity contribution is -0.126. The van der Waals surface area contributed by atoms with Gasteiger partial charge in [-0.15, -0.1) is 0 Å². The summed E-state index contributed by atoms with van der Waals surface area (Å²) in [5.74, 6) is -0.289. The Labute approximate surface area is 111 Å². The highest BCUT2D eigenvalue weighted by molar-refractivity contribution is 6.13. The fourth-order valence-electron chi connectivity index (χ4n) is 3.10. The number of hydrogen-bond donors (Lipinski definition) is 2. The van der Waals surface area contributed by atoms with E-state index in [-0.39, 0.29) is 17.7 Å². The topological polar surface area (TPSA) is 75.4 Å². The summed E-state index contributed by atoms with van der Waals surface area (Å²) in [5, 5.41) is 2.78. The van der Waals surface area contributed by atoms with Gasteiger partial charge in [-0.05, 0) is 18.1 Å². The van der Waals surface area contributed by atoms with Gasteiger partial charge in [0.1, 0.15) is 0 Å². The zero-order chi connectivity index (χ0) is 13.6. The molecule has 5 heteroatoms. The molecule has 1 fully saturated rings. The first-order valence-corrected chi connectivity index (χ1v) is 6.48. The molecule has 100 valence electrons. The van der Waals surface area contributed by atoms with Crippen LogP contribution in [0.5, 0.6) is 0 Å². The maximum atomic E-state index is 12.5. The second-order valence-electron chi connectivity index (χ2n) is 5.19. The van der Waals surface area contributed by atoms with E-state index in [0.717, 1.165) is 11.3 Å². The molecule has 0 aromatic heterocycles. The average molecular weight is 259 g/mol. The van der Waals surface area contributed by atoms with E-state index in [4.69, 9.17) is 5.73 Å². The van der Waals surface area contributed by atoms with Gasteiger partial charge in [0.15, 0.2) is 0 Å². The Bertz CT molecular complexity index is 557. The normalized spacial score (nSPS) is 27.6. The summed E-state index contributed by atoms with van der Waals surface area (Å²) < 4.78 is 0. The molecule has 3 N–H and O–H groups in total. The number of nitrogens with two attached hydrogens (primary N) is 1. The van der Waals surface area contributed by atoms with Crippen molar-refractivity contribution in [1.82, 2.24) is 5.32 Å². The van der Waals surface area contributed by atoms with Crippen LogP contribution < -0.4 is 16.0 Å². The van der Waals surface area contributed by atoms with Gasteiger partial charge in [0.2, 0.25) is 11.8 Å². The van der Waals surface area contributed by atoms with E-state index < -0.39 is 5.41 Å². The molecule has 5 nitrogen and oxygen atoms in total. The number of rotatable bonds is 3. The van der Waals surface area contributed by atoms with E-state index in [2.05, 4.69) is 5.32 Å². The highest BCUT2D eigenvalue weighted by Crippen LogP contribution is 2.61. The number of para-hydroxylation sites is 1. The summed E-state index contributed by atoms with van der Waals surface area (Å²) >= 11 is 0. The summed E-state index contributed by atoms with van der Waals surface area (Å²) in [6.07, 6.45) is 0.601. The molecule has 19 heavy (non-hydrogen) atoms. The summed E-state index contributed by atoms with van der Waals surface area (Å²) in [5.41, 5.74) is 6.66. The van der Waals surface area contributed by atoms with Crippen LogP contribution in [0.15, 0.2) is 24.3 Å². The van der Waals surface area contributed by atoms with Crippen LogP contribution in [0, 0.1) is 5.92 Å². The van der Waals surface area contributed by atoms with Gasteiger partial charge in [-0.1, -0.05) is 18.2 Å². The molecule has 2 aliphatic rings. The van der Waals surface area contributed by atoms with E-state index in [0.29, 0.717) is 19.5 Å². The molecule has 0 radical (unpaired) electrons. The first-order valence-electron chi connectivity index (χ1n) is 6.48. The van der Waals surface area contributed by atoms with Gasteiger partial charge in [0, 0.05) is 25.8 Å². The monoisotopic (exact) mass is 259 g/mol. The van der Waals surface area contributed by atoms with Gasteiger partial charge < -0.3 is 16.0 Å². The van der Waals surface area contributed by atoms with Gasteiger partial charge in [0.05, 0.1) is 11.3 Å². The zero-order valence-corrected chi connectivity index (χ0v) is 10.8. The molecule has 0 saturated heterocycles. The number of hydrogen-bond acceptors (Lipinski definition) is 3. The Balaban J connectivity index is 1.91. The predicted molar refractivity (Wildman–Crippen MR) is 71.7 cm³/mol. The van der Waals surface area contributed by atoms with Crippen molar-refractivity contribution in [3.63, 3.8) is 0 Å². The molecule has 1 aromatic carbocycles. The molecule has 1 saturated carbocycles. The molecule has 0 bridgehead atoms. The van der Waals surface area contributed by atoms with E-state index >= 15 is 0 Å². The third-order valence-corrected chi connectivity index (χ3v) is 4.15. The molecular formula is C14H17N3O2. The Kier molecular flexibility index (Phi) is 2.60. The number of likely N-dealkylation sites (N-methyl/N-ethyl adjacent to an activating group) is 1. The van der Waals surface area contributed by atoms with E-state index in [1.165, 1.54) is 0 Å². The number of fused-ring (bicyclic) bond motifs is 2. The second-order valence-corrected chi connectivity index (χ2v) is 5.19. The van der Waals surface area contributed by atoms with Crippen molar-refractivity contribution in [2.45, 2.75) is 11.8 Å². The molecule has 3 rings (SSSR count). The van der Waals surface area contributed by atoms with Crippen LogP contribution in [-0.2, 0) is 15.0 Å². The molecule has 2 unspecified atom stereocenters. The van der Waals surface area contributed by atoms with Crippen molar-refractivity contribution in [1.29, 1.82) is 0 Å². The molecule has 1 aromatic rings. The van der Waals surface area contributed by atoms with Gasteiger partial charge in [-0.2, -0.15) is 0 Å². The average Bonchev–Trinajstić information content (AvgIpc) is 3.15. The van der Waals surface area contributed by atoms with Crippen LogP contribution in [0.1, 0.15) is 12.0 Å². The maximum Gasteiger partial charge on any atom is 0.238 e. The Hall–Kier alpha value is -1.88. The first-order chi connectivity index (χ1) is 9.13. The van der Waals surface area contributed by atoms with Crippen LogP contribution in [0.25, 0.3) is 0 Å². The predicted octanol–water partition coefficient (Wildman–Crippen LogP) is -0.00440. The second kappa shape index (κ2) is 4.06. The number of benzene rings is 1. The van der Waals surface area contributed by atoms with Crippen LogP contribution in [0.3, 0.4) is 0 Å². The molecule has 2 atom stereocenters. The molecule has 1 heterocycles. The molecule has 1 aliphatic heterocycles. The Morgan fingerprint density at radius 3 is 3.00 bits per heavy atom. The number of carbonyl (C=O) groups is 2. The van der Waals surface area contributed by atoms with Gasteiger partial charge in [-0.25, -0.2) is 0 Å². The van der Waals surface area contributed by atoms with Crippen LogP contribution in [0.4, 0.5) is 5.69 Å². The molecular weight excluding hydrogens is 242 g/mol. The van der Waals surface area contributed by atoms with Crippen molar-refractivity contribution in [2.75, 3.05) is 25.0 Å². The minimum absolute atomic E-state index is 0.0293. The van der Waals surface area contributed by atoms with Crippen molar-refractivity contribution < 1.29 is 9.59 Å². The first kappa shape index (κ1) is 12.2. The van der Waals surface area contributed by atoms with Crippen molar-refractivity contribution >= 4 is 17.5 Å². The molecule has 2 amide bonds. The highest BCUT2D eigenvalue weighted by atomic mass is 16.2. The lowest BCUT2D eigenvalue weighted by Gasteiger charge is -2.11. The lowest BCUT2D eigenvalue weighted by Crippen LogP contribution is -2.36. The van der Waals surface area contributed by atoms with Crippen LogP contribution >= 0.6 is 0 Å². The number of amides is 2. The number of nitrogens with one attached hydrogen (secondary N) is 1. The zero-order valence-electron chi connectivity index (χ0n) is 10.8. The summed E-state index contributed by atoms with van der Waals surface area (Å²) in [4.78, 5) is 26.2. The highest BCUT2D eigenvalue weighted by Gasteiger charge is 2.68. The van der Waals surface area contributed by atoms with Crippen LogP contribution in [-0.4, -0.2) is 32.0 Å².